The Morgan fingerprint density at radius 1 is 1.45 bits per heavy atom. The number of thiazole rings is 1. The van der Waals surface area contributed by atoms with Crippen molar-refractivity contribution in [2.24, 2.45) is 0 Å². The van der Waals surface area contributed by atoms with Gasteiger partial charge in [-0.05, 0) is 37.5 Å². The van der Waals surface area contributed by atoms with Gasteiger partial charge in [0.1, 0.15) is 0 Å². The van der Waals surface area contributed by atoms with Gasteiger partial charge in [0.25, 0.3) is 0 Å². The van der Waals surface area contributed by atoms with Gasteiger partial charge in [0.2, 0.25) is 0 Å². The van der Waals surface area contributed by atoms with Crippen LogP contribution in [0.2, 0.25) is 0 Å². The molecule has 3 rings (SSSR count). The van der Waals surface area contributed by atoms with Crippen molar-refractivity contribution in [3.8, 4) is 0 Å². The number of fused-ring (bicyclic) bond motifs is 1. The molecule has 0 unspecified atom stereocenters. The van der Waals surface area contributed by atoms with Crippen LogP contribution in [0, 0.1) is 0 Å². The lowest BCUT2D eigenvalue weighted by Crippen LogP contribution is -2.03. The fourth-order valence-electron chi connectivity index (χ4n) is 2.28. The van der Waals surface area contributed by atoms with Gasteiger partial charge in [0.05, 0.1) is 29.7 Å². The van der Waals surface area contributed by atoms with Gasteiger partial charge in [-0.15, -0.1) is 11.3 Å². The van der Waals surface area contributed by atoms with Crippen molar-refractivity contribution in [2.75, 3.05) is 18.2 Å². The van der Waals surface area contributed by atoms with E-state index in [1.54, 1.807) is 29.5 Å². The molecular formula is C14H15N3O2S. The summed E-state index contributed by atoms with van der Waals surface area (Å²) >= 11 is 1.67. The fourth-order valence-corrected chi connectivity index (χ4v) is 3.34. The maximum Gasteiger partial charge on any atom is 0.337 e. The number of carbonyl (C=O) groups is 1. The Labute approximate surface area is 120 Å². The summed E-state index contributed by atoms with van der Waals surface area (Å²) in [5, 5.41) is 4.07. The second kappa shape index (κ2) is 5.13. The molecule has 0 saturated carbocycles. The number of ether oxygens (including phenoxy) is 1. The summed E-state index contributed by atoms with van der Waals surface area (Å²) < 4.78 is 4.67. The van der Waals surface area contributed by atoms with E-state index in [1.807, 2.05) is 0 Å². The molecule has 1 aromatic carbocycles. The number of benzene rings is 1. The number of hydrogen-bond acceptors (Lipinski definition) is 6. The highest BCUT2D eigenvalue weighted by Crippen LogP contribution is 2.33. The standard InChI is InChI=1S/C14H15N3O2S/c1-19-13(18)8-5-6-10(9(15)7-8)16-14-17-11-3-2-4-12(11)20-14/h5-7H,2-4,15H2,1H3,(H,16,17). The van der Waals surface area contributed by atoms with E-state index < -0.39 is 5.97 Å². The molecule has 0 radical (unpaired) electrons. The number of rotatable bonds is 3. The van der Waals surface area contributed by atoms with Crippen LogP contribution in [0.4, 0.5) is 16.5 Å². The zero-order valence-electron chi connectivity index (χ0n) is 11.1. The minimum atomic E-state index is -0.392. The number of aryl methyl sites for hydroxylation is 2. The maximum atomic E-state index is 11.4. The molecule has 1 heterocycles. The molecule has 1 aromatic heterocycles. The number of nitrogens with one attached hydrogen (secondary N) is 1. The lowest BCUT2D eigenvalue weighted by atomic mass is 10.2. The topological polar surface area (TPSA) is 77.2 Å². The van der Waals surface area contributed by atoms with Crippen LogP contribution in [0.25, 0.3) is 0 Å². The number of nitrogen functional groups attached to an aromatic ring is 1. The number of carbonyl (C=O) groups excluding carboxylic acids is 1. The summed E-state index contributed by atoms with van der Waals surface area (Å²) in [4.78, 5) is 17.3. The van der Waals surface area contributed by atoms with Crippen LogP contribution >= 0.6 is 11.3 Å². The highest BCUT2D eigenvalue weighted by atomic mass is 32.1. The molecule has 3 N–H and O–H groups in total. The quantitative estimate of drug-likeness (QED) is 0.671. The Bertz CT molecular complexity index is 645. The summed E-state index contributed by atoms with van der Waals surface area (Å²) in [6, 6.07) is 5.06. The molecular weight excluding hydrogens is 274 g/mol. The molecule has 0 bridgehead atoms. The average molecular weight is 289 g/mol. The van der Waals surface area contributed by atoms with E-state index in [9.17, 15) is 4.79 Å². The van der Waals surface area contributed by atoms with E-state index in [0.29, 0.717) is 11.3 Å². The highest BCUT2D eigenvalue weighted by Gasteiger charge is 2.17. The number of anilines is 3. The number of hydrogen-bond donors (Lipinski definition) is 2. The van der Waals surface area contributed by atoms with Crippen LogP contribution in [-0.2, 0) is 17.6 Å². The molecule has 0 spiro atoms. The number of aromatic nitrogens is 1. The Balaban J connectivity index is 1.81. The van der Waals surface area contributed by atoms with Gasteiger partial charge in [-0.1, -0.05) is 0 Å². The van der Waals surface area contributed by atoms with Gasteiger partial charge in [-0.25, -0.2) is 9.78 Å². The second-order valence-electron chi connectivity index (χ2n) is 4.66. The van der Waals surface area contributed by atoms with Gasteiger partial charge < -0.3 is 15.8 Å². The molecule has 0 atom stereocenters. The van der Waals surface area contributed by atoms with Crippen LogP contribution in [0.15, 0.2) is 18.2 Å². The minimum Gasteiger partial charge on any atom is -0.465 e. The summed E-state index contributed by atoms with van der Waals surface area (Å²) in [6.07, 6.45) is 3.38. The summed E-state index contributed by atoms with van der Waals surface area (Å²) in [5.74, 6) is -0.392. The van der Waals surface area contributed by atoms with E-state index in [0.717, 1.165) is 23.7 Å². The van der Waals surface area contributed by atoms with Crippen LogP contribution in [0.1, 0.15) is 27.3 Å². The van der Waals surface area contributed by atoms with Crippen molar-refractivity contribution in [3.05, 3.63) is 34.3 Å². The Morgan fingerprint density at radius 2 is 2.30 bits per heavy atom. The van der Waals surface area contributed by atoms with Crippen LogP contribution in [-0.4, -0.2) is 18.1 Å². The number of nitrogens with zero attached hydrogens (tertiary/aromatic N) is 1. The predicted molar refractivity (Wildman–Crippen MR) is 79.6 cm³/mol. The maximum absolute atomic E-state index is 11.4. The normalized spacial score (nSPS) is 13.1. The van der Waals surface area contributed by atoms with Crippen molar-refractivity contribution in [1.29, 1.82) is 0 Å². The summed E-state index contributed by atoms with van der Waals surface area (Å²) in [6.45, 7) is 0. The molecule has 0 saturated heterocycles. The molecule has 2 aromatic rings. The first-order chi connectivity index (χ1) is 9.67. The number of esters is 1. The van der Waals surface area contributed by atoms with Gasteiger partial charge >= 0.3 is 5.97 Å². The Kier molecular flexibility index (Phi) is 3.31. The second-order valence-corrected chi connectivity index (χ2v) is 5.74. The zero-order chi connectivity index (χ0) is 14.1. The lowest BCUT2D eigenvalue weighted by molar-refractivity contribution is 0.0601. The number of methoxy groups -OCH3 is 1. The third-order valence-corrected chi connectivity index (χ3v) is 4.38. The van der Waals surface area contributed by atoms with Crippen LogP contribution in [0.5, 0.6) is 0 Å². The van der Waals surface area contributed by atoms with E-state index >= 15 is 0 Å². The largest absolute Gasteiger partial charge is 0.465 e. The van der Waals surface area contributed by atoms with Crippen LogP contribution in [0.3, 0.4) is 0 Å². The Morgan fingerprint density at radius 3 is 3.00 bits per heavy atom. The van der Waals surface area contributed by atoms with E-state index in [4.69, 9.17) is 5.73 Å². The summed E-state index contributed by atoms with van der Waals surface area (Å²) in [7, 11) is 1.35. The smallest absolute Gasteiger partial charge is 0.337 e. The molecule has 104 valence electrons. The van der Waals surface area contributed by atoms with Gasteiger partial charge in [-0.2, -0.15) is 0 Å². The van der Waals surface area contributed by atoms with E-state index in [-0.39, 0.29) is 0 Å². The molecule has 20 heavy (non-hydrogen) atoms. The van der Waals surface area contributed by atoms with Crippen molar-refractivity contribution in [2.45, 2.75) is 19.3 Å². The lowest BCUT2D eigenvalue weighted by Gasteiger charge is -2.08. The average Bonchev–Trinajstić information content (AvgIpc) is 3.01. The third-order valence-electron chi connectivity index (χ3n) is 3.31. The van der Waals surface area contributed by atoms with Crippen molar-refractivity contribution >= 4 is 33.8 Å². The number of nitrogens with two attached hydrogens (primary N) is 1. The molecule has 0 aliphatic heterocycles. The molecule has 0 fully saturated rings. The monoisotopic (exact) mass is 289 g/mol. The molecule has 1 aliphatic rings. The highest BCUT2D eigenvalue weighted by molar-refractivity contribution is 7.15. The first kappa shape index (κ1) is 12.9. The van der Waals surface area contributed by atoms with Crippen LogP contribution < -0.4 is 11.1 Å². The SMILES string of the molecule is COC(=O)c1ccc(Nc2nc3c(s2)CCC3)c(N)c1. The first-order valence-electron chi connectivity index (χ1n) is 6.41. The van der Waals surface area contributed by atoms with Crippen molar-refractivity contribution in [1.82, 2.24) is 4.98 Å². The van der Waals surface area contributed by atoms with E-state index in [2.05, 4.69) is 15.0 Å². The summed E-state index contributed by atoms with van der Waals surface area (Å²) in [5.41, 5.74) is 8.86. The van der Waals surface area contributed by atoms with Gasteiger partial charge in [0, 0.05) is 4.88 Å². The third kappa shape index (κ3) is 2.34. The van der Waals surface area contributed by atoms with Gasteiger partial charge in [0.15, 0.2) is 5.13 Å². The predicted octanol–water partition coefficient (Wildman–Crippen LogP) is 2.74. The fraction of sp³-hybridized carbons (Fsp3) is 0.286. The van der Waals surface area contributed by atoms with E-state index in [1.165, 1.54) is 24.1 Å². The Hall–Kier alpha value is -2.08. The van der Waals surface area contributed by atoms with Crippen molar-refractivity contribution in [3.63, 3.8) is 0 Å². The van der Waals surface area contributed by atoms with Gasteiger partial charge in [-0.3, -0.25) is 0 Å². The molecule has 6 heteroatoms. The molecule has 5 nitrogen and oxygen atoms in total. The molecule has 1 aliphatic carbocycles. The minimum absolute atomic E-state index is 0.392. The zero-order valence-corrected chi connectivity index (χ0v) is 11.9. The molecule has 0 amide bonds. The first-order valence-corrected chi connectivity index (χ1v) is 7.22. The van der Waals surface area contributed by atoms with Crippen molar-refractivity contribution < 1.29 is 9.53 Å².